The number of halogens is 2. The lowest BCUT2D eigenvalue weighted by Crippen LogP contribution is -2.41. The van der Waals surface area contributed by atoms with Crippen molar-refractivity contribution in [2.24, 2.45) is 5.92 Å². The van der Waals surface area contributed by atoms with Crippen LogP contribution in [0.2, 0.25) is 0 Å². The monoisotopic (exact) mass is 448 g/mol. The highest BCUT2D eigenvalue weighted by molar-refractivity contribution is 7.14. The molecular weight excluding hydrogens is 423 g/mol. The van der Waals surface area contributed by atoms with Gasteiger partial charge in [-0.15, -0.1) is 36.2 Å². The molecule has 0 bridgehead atoms. The second-order valence-corrected chi connectivity index (χ2v) is 7.41. The molecule has 0 radical (unpaired) electrons. The molecule has 10 heteroatoms. The van der Waals surface area contributed by atoms with E-state index in [1.54, 1.807) is 13.0 Å². The first kappa shape index (κ1) is 24.4. The van der Waals surface area contributed by atoms with Crippen LogP contribution >= 0.6 is 36.2 Å². The molecule has 3 heterocycles. The summed E-state index contributed by atoms with van der Waals surface area (Å²) in [4.78, 5) is 30.9. The van der Waals surface area contributed by atoms with Gasteiger partial charge in [0.1, 0.15) is 5.76 Å². The lowest BCUT2D eigenvalue weighted by Gasteiger charge is -2.31. The van der Waals surface area contributed by atoms with Gasteiger partial charge in [0.25, 0.3) is 5.91 Å². The van der Waals surface area contributed by atoms with Gasteiger partial charge in [-0.1, -0.05) is 0 Å². The van der Waals surface area contributed by atoms with E-state index >= 15 is 0 Å². The number of thiazole rings is 1. The summed E-state index contributed by atoms with van der Waals surface area (Å²) in [5.74, 6) is 1.06. The van der Waals surface area contributed by atoms with Gasteiger partial charge in [-0.25, -0.2) is 4.98 Å². The SMILES string of the molecule is CNCC1CCN(C(=O)Cc2csc(NC(=O)c3ccoc3C)n2)CC1.Cl.Cl. The van der Waals surface area contributed by atoms with Crippen LogP contribution in [0.3, 0.4) is 0 Å². The van der Waals surface area contributed by atoms with E-state index in [9.17, 15) is 9.59 Å². The molecule has 0 aliphatic carbocycles. The fourth-order valence-corrected chi connectivity index (χ4v) is 3.88. The maximum atomic E-state index is 12.5. The quantitative estimate of drug-likeness (QED) is 0.708. The van der Waals surface area contributed by atoms with Crippen molar-refractivity contribution in [1.29, 1.82) is 0 Å². The smallest absolute Gasteiger partial charge is 0.260 e. The molecule has 0 atom stereocenters. The lowest BCUT2D eigenvalue weighted by molar-refractivity contribution is -0.131. The standard InChI is InChI=1S/C18H24N4O3S.2ClH/c1-12-15(5-8-25-12)17(24)21-18-20-14(11-26-18)9-16(23)22-6-3-13(4-7-22)10-19-2;;/h5,8,11,13,19H,3-4,6-7,9-10H2,1-2H3,(H,20,21,24);2*1H. The minimum atomic E-state index is -0.255. The highest BCUT2D eigenvalue weighted by Crippen LogP contribution is 2.20. The number of furan rings is 1. The van der Waals surface area contributed by atoms with Crippen molar-refractivity contribution in [3.8, 4) is 0 Å². The summed E-state index contributed by atoms with van der Waals surface area (Å²) in [5, 5.41) is 8.27. The van der Waals surface area contributed by atoms with Gasteiger partial charge >= 0.3 is 0 Å². The average molecular weight is 449 g/mol. The highest BCUT2D eigenvalue weighted by atomic mass is 35.5. The number of aryl methyl sites for hydroxylation is 1. The van der Waals surface area contributed by atoms with E-state index in [0.717, 1.165) is 32.5 Å². The number of carbonyl (C=O) groups is 2. The highest BCUT2D eigenvalue weighted by Gasteiger charge is 2.23. The molecule has 3 rings (SSSR count). The molecule has 1 aliphatic rings. The van der Waals surface area contributed by atoms with E-state index in [0.29, 0.717) is 28.1 Å². The number of hydrogen-bond donors (Lipinski definition) is 2. The van der Waals surface area contributed by atoms with Crippen LogP contribution in [0.1, 0.15) is 34.7 Å². The molecule has 0 spiro atoms. The van der Waals surface area contributed by atoms with Crippen molar-refractivity contribution >= 4 is 53.1 Å². The third kappa shape index (κ3) is 6.20. The van der Waals surface area contributed by atoms with E-state index in [1.807, 2.05) is 17.3 Å². The number of aromatic nitrogens is 1. The predicted molar refractivity (Wildman–Crippen MR) is 115 cm³/mol. The minimum Gasteiger partial charge on any atom is -0.469 e. The van der Waals surface area contributed by atoms with Gasteiger partial charge in [0, 0.05) is 18.5 Å². The summed E-state index contributed by atoms with van der Waals surface area (Å²) in [6.45, 7) is 4.35. The molecule has 1 fully saturated rings. The van der Waals surface area contributed by atoms with E-state index in [-0.39, 0.29) is 43.0 Å². The normalized spacial score (nSPS) is 14.1. The summed E-state index contributed by atoms with van der Waals surface area (Å²) in [5.41, 5.74) is 1.18. The van der Waals surface area contributed by atoms with Crippen LogP contribution < -0.4 is 10.6 Å². The van der Waals surface area contributed by atoms with E-state index < -0.39 is 0 Å². The Morgan fingerprint density at radius 2 is 2.04 bits per heavy atom. The number of rotatable bonds is 6. The van der Waals surface area contributed by atoms with Crippen molar-refractivity contribution in [2.75, 3.05) is 32.0 Å². The van der Waals surface area contributed by atoms with Crippen molar-refractivity contribution in [3.63, 3.8) is 0 Å². The van der Waals surface area contributed by atoms with E-state index in [1.165, 1.54) is 17.6 Å². The van der Waals surface area contributed by atoms with Crippen molar-refractivity contribution in [3.05, 3.63) is 34.7 Å². The Bertz CT molecular complexity index is 772. The van der Waals surface area contributed by atoms with Crippen LogP contribution in [0.25, 0.3) is 0 Å². The average Bonchev–Trinajstić information content (AvgIpc) is 3.24. The number of nitrogens with one attached hydrogen (secondary N) is 2. The molecule has 0 unspecified atom stereocenters. The summed E-state index contributed by atoms with van der Waals surface area (Å²) >= 11 is 1.32. The van der Waals surface area contributed by atoms with E-state index in [4.69, 9.17) is 4.42 Å². The van der Waals surface area contributed by atoms with Crippen LogP contribution in [-0.4, -0.2) is 48.4 Å². The molecule has 156 valence electrons. The van der Waals surface area contributed by atoms with Crippen LogP contribution in [0.5, 0.6) is 0 Å². The topological polar surface area (TPSA) is 87.5 Å². The van der Waals surface area contributed by atoms with Gasteiger partial charge in [0.2, 0.25) is 5.91 Å². The number of carbonyl (C=O) groups excluding carboxylic acids is 2. The van der Waals surface area contributed by atoms with Crippen LogP contribution in [0.15, 0.2) is 22.1 Å². The summed E-state index contributed by atoms with van der Waals surface area (Å²) < 4.78 is 5.14. The Morgan fingerprint density at radius 1 is 1.32 bits per heavy atom. The molecule has 0 aromatic carbocycles. The van der Waals surface area contributed by atoms with Crippen LogP contribution in [0.4, 0.5) is 5.13 Å². The summed E-state index contributed by atoms with van der Waals surface area (Å²) in [6.07, 6.45) is 3.83. The molecule has 2 aromatic rings. The molecule has 7 nitrogen and oxygen atoms in total. The Labute approximate surface area is 181 Å². The summed E-state index contributed by atoms with van der Waals surface area (Å²) in [6, 6.07) is 1.63. The second kappa shape index (κ2) is 11.4. The van der Waals surface area contributed by atoms with Gasteiger partial charge in [0.15, 0.2) is 5.13 Å². The first-order valence-electron chi connectivity index (χ1n) is 8.79. The molecule has 1 aliphatic heterocycles. The Kier molecular flexibility index (Phi) is 9.95. The summed E-state index contributed by atoms with van der Waals surface area (Å²) in [7, 11) is 1.96. The van der Waals surface area contributed by atoms with Crippen molar-refractivity contribution in [1.82, 2.24) is 15.2 Å². The molecular formula is C18H26Cl2N4O3S. The molecule has 2 amide bonds. The fourth-order valence-electron chi connectivity index (χ4n) is 3.17. The molecule has 28 heavy (non-hydrogen) atoms. The van der Waals surface area contributed by atoms with Crippen LogP contribution in [0, 0.1) is 12.8 Å². The number of anilines is 1. The number of nitrogens with zero attached hydrogens (tertiary/aromatic N) is 2. The third-order valence-corrected chi connectivity index (χ3v) is 5.47. The first-order chi connectivity index (χ1) is 12.6. The van der Waals surface area contributed by atoms with Gasteiger partial charge in [-0.05, 0) is 45.3 Å². The number of piperidine rings is 1. The van der Waals surface area contributed by atoms with Gasteiger partial charge < -0.3 is 14.6 Å². The molecule has 0 saturated carbocycles. The van der Waals surface area contributed by atoms with Crippen molar-refractivity contribution < 1.29 is 14.0 Å². The molecule has 2 aromatic heterocycles. The Balaban J connectivity index is 0.00000196. The number of amides is 2. The maximum Gasteiger partial charge on any atom is 0.260 e. The third-order valence-electron chi connectivity index (χ3n) is 4.67. The minimum absolute atomic E-state index is 0. The van der Waals surface area contributed by atoms with E-state index in [2.05, 4.69) is 15.6 Å². The predicted octanol–water partition coefficient (Wildman–Crippen LogP) is 3.14. The molecule has 2 N–H and O–H groups in total. The van der Waals surface area contributed by atoms with Crippen molar-refractivity contribution in [2.45, 2.75) is 26.2 Å². The number of likely N-dealkylation sites (tertiary alicyclic amines) is 1. The maximum absolute atomic E-state index is 12.5. The molecule has 1 saturated heterocycles. The van der Waals surface area contributed by atoms with Gasteiger partial charge in [-0.3, -0.25) is 14.9 Å². The fraction of sp³-hybridized carbons (Fsp3) is 0.500. The first-order valence-corrected chi connectivity index (χ1v) is 9.67. The zero-order valence-corrected chi connectivity index (χ0v) is 18.3. The lowest BCUT2D eigenvalue weighted by atomic mass is 9.96. The van der Waals surface area contributed by atoms with Gasteiger partial charge in [-0.2, -0.15) is 0 Å². The van der Waals surface area contributed by atoms with Crippen LogP contribution in [-0.2, 0) is 11.2 Å². The Hall–Kier alpha value is -1.61. The zero-order chi connectivity index (χ0) is 18.5. The Morgan fingerprint density at radius 3 is 2.64 bits per heavy atom. The largest absolute Gasteiger partial charge is 0.469 e. The zero-order valence-electron chi connectivity index (χ0n) is 15.9. The van der Waals surface area contributed by atoms with Gasteiger partial charge in [0.05, 0.1) is 23.9 Å². The number of hydrogen-bond acceptors (Lipinski definition) is 6. The second-order valence-electron chi connectivity index (χ2n) is 6.55.